The molecule has 0 fully saturated rings. The van der Waals surface area contributed by atoms with Gasteiger partial charge in [0, 0.05) is 0 Å². The molecule has 2 rings (SSSR count). The van der Waals surface area contributed by atoms with Crippen LogP contribution in [0.25, 0.3) is 0 Å². The predicted molar refractivity (Wildman–Crippen MR) is 51.5 cm³/mol. The number of ketones is 1. The molecule has 1 aromatic carbocycles. The van der Waals surface area contributed by atoms with Gasteiger partial charge in [-0.3, -0.25) is 4.79 Å². The lowest BCUT2D eigenvalue weighted by molar-refractivity contribution is 0.0964. The summed E-state index contributed by atoms with van der Waals surface area (Å²) in [6, 6.07) is 3.74. The number of carbonyl (C=O) groups excluding carboxylic acids is 1. The van der Waals surface area contributed by atoms with Gasteiger partial charge in [-0.15, -0.1) is 0 Å². The molecule has 1 N–H and O–H groups in total. The number of rotatable bonds is 0. The van der Waals surface area contributed by atoms with E-state index < -0.39 is 17.7 Å². The average molecular weight is 208 g/mol. The first-order chi connectivity index (χ1) is 7.13. The van der Waals surface area contributed by atoms with E-state index in [0.29, 0.717) is 12.0 Å². The minimum Gasteiger partial charge on any atom is -0.515 e. The van der Waals surface area contributed by atoms with Crippen LogP contribution in [-0.2, 0) is 0 Å². The zero-order valence-electron chi connectivity index (χ0n) is 8.03. The molecule has 0 aliphatic carbocycles. The van der Waals surface area contributed by atoms with Crippen LogP contribution in [0, 0.1) is 5.82 Å². The van der Waals surface area contributed by atoms with E-state index in [2.05, 4.69) is 0 Å². The van der Waals surface area contributed by atoms with Crippen molar-refractivity contribution in [2.24, 2.45) is 0 Å². The van der Waals surface area contributed by atoms with Crippen molar-refractivity contribution < 1.29 is 19.0 Å². The van der Waals surface area contributed by atoms with E-state index in [9.17, 15) is 9.18 Å². The molecule has 1 aromatic rings. The van der Waals surface area contributed by atoms with Crippen LogP contribution in [0.4, 0.5) is 4.39 Å². The fourth-order valence-electron chi connectivity index (χ4n) is 1.54. The summed E-state index contributed by atoms with van der Waals surface area (Å²) in [6.45, 7) is 1.65. The summed E-state index contributed by atoms with van der Waals surface area (Å²) >= 11 is 0. The smallest absolute Gasteiger partial charge is 0.199 e. The molecule has 0 saturated heterocycles. The Morgan fingerprint density at radius 2 is 2.27 bits per heavy atom. The van der Waals surface area contributed by atoms with E-state index in [0.717, 1.165) is 6.07 Å². The highest BCUT2D eigenvalue weighted by Gasteiger charge is 2.29. The van der Waals surface area contributed by atoms with E-state index in [4.69, 9.17) is 9.84 Å². The number of halogens is 1. The van der Waals surface area contributed by atoms with E-state index in [1.165, 1.54) is 12.1 Å². The number of fused-ring (bicyclic) bond motifs is 1. The van der Waals surface area contributed by atoms with Gasteiger partial charge in [0.1, 0.15) is 17.7 Å². The first-order valence-electron chi connectivity index (χ1n) is 4.48. The van der Waals surface area contributed by atoms with Crippen LogP contribution >= 0.6 is 0 Å². The molecular formula is C11H9FO3. The molecule has 15 heavy (non-hydrogen) atoms. The number of hydrogen-bond donors (Lipinski definition) is 1. The number of aliphatic hydroxyl groups excluding tert-OH is 1. The van der Waals surface area contributed by atoms with Crippen LogP contribution < -0.4 is 4.74 Å². The van der Waals surface area contributed by atoms with Crippen molar-refractivity contribution in [1.29, 1.82) is 0 Å². The number of aliphatic hydroxyl groups is 1. The molecular weight excluding hydrogens is 199 g/mol. The average Bonchev–Trinajstić information content (AvgIpc) is 2.20. The third-order valence-corrected chi connectivity index (χ3v) is 2.33. The first kappa shape index (κ1) is 9.71. The van der Waals surface area contributed by atoms with E-state index in [1.807, 2.05) is 0 Å². The van der Waals surface area contributed by atoms with Gasteiger partial charge >= 0.3 is 0 Å². The molecule has 0 amide bonds. The highest BCUT2D eigenvalue weighted by Crippen LogP contribution is 2.30. The topological polar surface area (TPSA) is 46.5 Å². The first-order valence-corrected chi connectivity index (χ1v) is 4.48. The zero-order chi connectivity index (χ0) is 11.0. The third-order valence-electron chi connectivity index (χ3n) is 2.33. The minimum atomic E-state index is -0.513. The summed E-state index contributed by atoms with van der Waals surface area (Å²) in [4.78, 5) is 11.7. The van der Waals surface area contributed by atoms with Gasteiger partial charge in [-0.05, 0) is 25.1 Å². The maximum absolute atomic E-state index is 12.9. The van der Waals surface area contributed by atoms with Crippen LogP contribution in [0.3, 0.4) is 0 Å². The molecule has 0 spiro atoms. The largest absolute Gasteiger partial charge is 0.515 e. The maximum atomic E-state index is 12.9. The Bertz CT molecular complexity index is 451. The van der Waals surface area contributed by atoms with Crippen LogP contribution in [0.2, 0.25) is 0 Å². The lowest BCUT2D eigenvalue weighted by Gasteiger charge is -2.23. The van der Waals surface area contributed by atoms with Crippen molar-refractivity contribution in [3.8, 4) is 5.75 Å². The molecule has 0 saturated carbocycles. The van der Waals surface area contributed by atoms with Gasteiger partial charge in [-0.2, -0.15) is 0 Å². The van der Waals surface area contributed by atoms with Crippen molar-refractivity contribution in [3.63, 3.8) is 0 Å². The van der Waals surface area contributed by atoms with Gasteiger partial charge in [-0.25, -0.2) is 4.39 Å². The van der Waals surface area contributed by atoms with Crippen LogP contribution in [0.1, 0.15) is 17.3 Å². The van der Waals surface area contributed by atoms with Crippen molar-refractivity contribution >= 4 is 5.78 Å². The fraction of sp³-hybridized carbons (Fsp3) is 0.182. The zero-order valence-corrected chi connectivity index (χ0v) is 8.03. The predicted octanol–water partition coefficient (Wildman–Crippen LogP) is 2.23. The van der Waals surface area contributed by atoms with E-state index in [-0.39, 0.29) is 11.1 Å². The van der Waals surface area contributed by atoms with Crippen LogP contribution in [-0.4, -0.2) is 17.0 Å². The quantitative estimate of drug-likeness (QED) is 0.525. The van der Waals surface area contributed by atoms with Crippen molar-refractivity contribution in [3.05, 3.63) is 41.4 Å². The second kappa shape index (κ2) is 3.38. The summed E-state index contributed by atoms with van der Waals surface area (Å²) < 4.78 is 18.3. The number of carbonyl (C=O) groups is 1. The lowest BCUT2D eigenvalue weighted by Crippen LogP contribution is -2.27. The summed E-state index contributed by atoms with van der Waals surface area (Å²) in [5, 5.41) is 8.87. The molecule has 1 heterocycles. The summed E-state index contributed by atoms with van der Waals surface area (Å²) in [5.74, 6) is -0.553. The second-order valence-electron chi connectivity index (χ2n) is 3.31. The molecule has 1 atom stereocenters. The Balaban J connectivity index is 2.56. The van der Waals surface area contributed by atoms with Crippen molar-refractivity contribution in [2.45, 2.75) is 13.0 Å². The monoisotopic (exact) mass is 208 g/mol. The Morgan fingerprint density at radius 1 is 1.53 bits per heavy atom. The number of Topliss-reactive ketones (excluding diaryl/α,β-unsaturated/α-hetero) is 1. The Morgan fingerprint density at radius 3 is 2.93 bits per heavy atom. The van der Waals surface area contributed by atoms with Crippen molar-refractivity contribution in [1.82, 2.24) is 0 Å². The summed E-state index contributed by atoms with van der Waals surface area (Å²) in [7, 11) is 0. The molecule has 1 unspecified atom stereocenters. The van der Waals surface area contributed by atoms with Gasteiger partial charge in [0.25, 0.3) is 0 Å². The normalized spacial score (nSPS) is 22.4. The molecule has 3 nitrogen and oxygen atoms in total. The number of benzene rings is 1. The van der Waals surface area contributed by atoms with E-state index in [1.54, 1.807) is 6.92 Å². The van der Waals surface area contributed by atoms with Gasteiger partial charge in [0.05, 0.1) is 17.4 Å². The van der Waals surface area contributed by atoms with Crippen LogP contribution in [0.5, 0.6) is 5.75 Å². The molecule has 0 aromatic heterocycles. The Hall–Kier alpha value is -1.84. The fourth-order valence-corrected chi connectivity index (χ4v) is 1.54. The third kappa shape index (κ3) is 1.48. The van der Waals surface area contributed by atoms with Gasteiger partial charge < -0.3 is 9.84 Å². The number of ether oxygens (including phenoxy) is 1. The van der Waals surface area contributed by atoms with Gasteiger partial charge in [0.2, 0.25) is 0 Å². The van der Waals surface area contributed by atoms with Crippen LogP contribution in [0.15, 0.2) is 30.0 Å². The SMILES string of the molecule is CC1Oc2ccc(F)cc2C(=O)C1=CO. The molecule has 1 aliphatic rings. The summed E-state index contributed by atoms with van der Waals surface area (Å²) in [5.41, 5.74) is 0.279. The lowest BCUT2D eigenvalue weighted by atomic mass is 9.97. The maximum Gasteiger partial charge on any atom is 0.199 e. The molecule has 4 heteroatoms. The second-order valence-corrected chi connectivity index (χ2v) is 3.31. The molecule has 0 radical (unpaired) electrons. The molecule has 1 aliphatic heterocycles. The highest BCUT2D eigenvalue weighted by molar-refractivity contribution is 6.11. The Labute approximate surface area is 85.8 Å². The molecule has 0 bridgehead atoms. The minimum absolute atomic E-state index is 0.133. The van der Waals surface area contributed by atoms with Gasteiger partial charge in [-0.1, -0.05) is 0 Å². The molecule has 78 valence electrons. The van der Waals surface area contributed by atoms with Gasteiger partial charge in [0.15, 0.2) is 5.78 Å². The number of hydrogen-bond acceptors (Lipinski definition) is 3. The summed E-state index contributed by atoms with van der Waals surface area (Å²) in [6.07, 6.45) is 0.196. The highest BCUT2D eigenvalue weighted by atomic mass is 19.1. The van der Waals surface area contributed by atoms with E-state index >= 15 is 0 Å². The Kier molecular flexibility index (Phi) is 2.19. The van der Waals surface area contributed by atoms with Crippen molar-refractivity contribution in [2.75, 3.05) is 0 Å². The standard InChI is InChI=1S/C11H9FO3/c1-6-9(5-13)11(14)8-4-7(12)2-3-10(8)15-6/h2-6,13H,1H3.